The maximum Gasteiger partial charge on any atom is 0.246 e. The van der Waals surface area contributed by atoms with Gasteiger partial charge in [-0.15, -0.1) is 24.0 Å². The Bertz CT molecular complexity index is 436. The van der Waals surface area contributed by atoms with Crippen LogP contribution in [-0.2, 0) is 4.79 Å². The summed E-state index contributed by atoms with van der Waals surface area (Å²) in [6.45, 7) is 7.87. The highest BCUT2D eigenvalue weighted by atomic mass is 127. The van der Waals surface area contributed by atoms with Crippen molar-refractivity contribution in [2.75, 3.05) is 25.0 Å². The third-order valence-electron chi connectivity index (χ3n) is 2.35. The van der Waals surface area contributed by atoms with Crippen LogP contribution in [0.1, 0.15) is 20.8 Å². The van der Waals surface area contributed by atoms with Gasteiger partial charge < -0.3 is 16.0 Å². The predicted molar refractivity (Wildman–Crippen MR) is 97.1 cm³/mol. The van der Waals surface area contributed by atoms with Crippen molar-refractivity contribution in [2.24, 2.45) is 10.9 Å². The molecule has 7 heteroatoms. The lowest BCUT2D eigenvalue weighted by Gasteiger charge is -2.12. The fourth-order valence-electron chi connectivity index (χ4n) is 1.43. The molecule has 1 amide bonds. The molecule has 0 aliphatic rings. The number of amides is 1. The SMILES string of the molecule is CCNC(=NCC(=O)Nc1cccnc1)NCC(C)C.I. The lowest BCUT2D eigenvalue weighted by atomic mass is 10.2. The second kappa shape index (κ2) is 11.3. The van der Waals surface area contributed by atoms with Gasteiger partial charge in [0, 0.05) is 19.3 Å². The Morgan fingerprint density at radius 2 is 2.14 bits per heavy atom. The topological polar surface area (TPSA) is 78.4 Å². The first-order valence-corrected chi connectivity index (χ1v) is 6.84. The van der Waals surface area contributed by atoms with Crippen LogP contribution in [0.4, 0.5) is 5.69 Å². The number of anilines is 1. The molecule has 1 aromatic rings. The second-order valence-corrected chi connectivity index (χ2v) is 4.76. The Balaban J connectivity index is 0.00000400. The third-order valence-corrected chi connectivity index (χ3v) is 2.35. The van der Waals surface area contributed by atoms with Crippen molar-refractivity contribution in [3.8, 4) is 0 Å². The van der Waals surface area contributed by atoms with Crippen LogP contribution in [0.3, 0.4) is 0 Å². The van der Waals surface area contributed by atoms with Gasteiger partial charge in [0.15, 0.2) is 5.96 Å². The molecular weight excluding hydrogens is 381 g/mol. The Morgan fingerprint density at radius 3 is 2.71 bits per heavy atom. The van der Waals surface area contributed by atoms with Crippen LogP contribution in [0.2, 0.25) is 0 Å². The number of pyridine rings is 1. The summed E-state index contributed by atoms with van der Waals surface area (Å²) in [7, 11) is 0. The number of rotatable bonds is 6. The van der Waals surface area contributed by atoms with E-state index in [1.165, 1.54) is 0 Å². The average Bonchev–Trinajstić information content (AvgIpc) is 2.43. The van der Waals surface area contributed by atoms with Crippen LogP contribution in [0, 0.1) is 5.92 Å². The van der Waals surface area contributed by atoms with Gasteiger partial charge in [0.2, 0.25) is 5.91 Å². The number of nitrogens with one attached hydrogen (secondary N) is 3. The molecule has 1 rings (SSSR count). The molecule has 0 bridgehead atoms. The maximum atomic E-state index is 11.8. The Kier molecular flexibility index (Phi) is 10.6. The van der Waals surface area contributed by atoms with Gasteiger partial charge in [0.05, 0.1) is 11.9 Å². The first-order valence-electron chi connectivity index (χ1n) is 6.84. The molecule has 1 aromatic heterocycles. The van der Waals surface area contributed by atoms with Crippen LogP contribution in [-0.4, -0.2) is 36.5 Å². The maximum absolute atomic E-state index is 11.8. The van der Waals surface area contributed by atoms with E-state index >= 15 is 0 Å². The van der Waals surface area contributed by atoms with E-state index in [0.29, 0.717) is 17.6 Å². The van der Waals surface area contributed by atoms with Crippen molar-refractivity contribution >= 4 is 41.5 Å². The van der Waals surface area contributed by atoms with E-state index in [9.17, 15) is 4.79 Å². The zero-order chi connectivity index (χ0) is 14.8. The number of aliphatic imine (C=N–C) groups is 1. The summed E-state index contributed by atoms with van der Waals surface area (Å²) < 4.78 is 0. The summed E-state index contributed by atoms with van der Waals surface area (Å²) in [5.74, 6) is 1.00. The first kappa shape index (κ1) is 19.6. The molecule has 3 N–H and O–H groups in total. The van der Waals surface area contributed by atoms with E-state index in [2.05, 4.69) is 39.8 Å². The number of carbonyl (C=O) groups excluding carboxylic acids is 1. The van der Waals surface area contributed by atoms with Gasteiger partial charge in [-0.1, -0.05) is 13.8 Å². The highest BCUT2D eigenvalue weighted by Gasteiger charge is 2.03. The van der Waals surface area contributed by atoms with Gasteiger partial charge in [-0.2, -0.15) is 0 Å². The minimum absolute atomic E-state index is 0. The summed E-state index contributed by atoms with van der Waals surface area (Å²) in [4.78, 5) is 19.9. The molecule has 0 aliphatic carbocycles. The molecule has 0 atom stereocenters. The van der Waals surface area contributed by atoms with Crippen LogP contribution >= 0.6 is 24.0 Å². The number of hydrogen-bond acceptors (Lipinski definition) is 3. The normalized spacial score (nSPS) is 10.8. The molecule has 21 heavy (non-hydrogen) atoms. The highest BCUT2D eigenvalue weighted by molar-refractivity contribution is 14.0. The van der Waals surface area contributed by atoms with Gasteiger partial charge in [-0.05, 0) is 25.0 Å². The minimum Gasteiger partial charge on any atom is -0.357 e. The van der Waals surface area contributed by atoms with E-state index in [1.807, 2.05) is 6.92 Å². The molecule has 0 unspecified atom stereocenters. The summed E-state index contributed by atoms with van der Waals surface area (Å²) >= 11 is 0. The van der Waals surface area contributed by atoms with Crippen molar-refractivity contribution in [3.05, 3.63) is 24.5 Å². The lowest BCUT2D eigenvalue weighted by Crippen LogP contribution is -2.39. The van der Waals surface area contributed by atoms with Gasteiger partial charge in [0.1, 0.15) is 6.54 Å². The van der Waals surface area contributed by atoms with Crippen LogP contribution < -0.4 is 16.0 Å². The zero-order valence-corrected chi connectivity index (χ0v) is 15.0. The fraction of sp³-hybridized carbons (Fsp3) is 0.500. The lowest BCUT2D eigenvalue weighted by molar-refractivity contribution is -0.114. The Labute approximate surface area is 143 Å². The average molecular weight is 405 g/mol. The zero-order valence-electron chi connectivity index (χ0n) is 12.7. The molecule has 0 saturated heterocycles. The van der Waals surface area contributed by atoms with E-state index in [-0.39, 0.29) is 36.4 Å². The summed E-state index contributed by atoms with van der Waals surface area (Å²) in [5.41, 5.74) is 0.674. The number of aromatic nitrogens is 1. The van der Waals surface area contributed by atoms with Crippen molar-refractivity contribution < 1.29 is 4.79 Å². The highest BCUT2D eigenvalue weighted by Crippen LogP contribution is 2.01. The second-order valence-electron chi connectivity index (χ2n) is 4.76. The smallest absolute Gasteiger partial charge is 0.246 e. The van der Waals surface area contributed by atoms with E-state index < -0.39 is 0 Å². The minimum atomic E-state index is -0.167. The molecule has 0 spiro atoms. The Hall–Kier alpha value is -1.38. The van der Waals surface area contributed by atoms with Gasteiger partial charge in [0.25, 0.3) is 0 Å². The van der Waals surface area contributed by atoms with Crippen molar-refractivity contribution in [3.63, 3.8) is 0 Å². The number of hydrogen-bond donors (Lipinski definition) is 3. The number of halogens is 1. The molecule has 0 radical (unpaired) electrons. The summed E-state index contributed by atoms with van der Waals surface area (Å²) in [6, 6.07) is 3.56. The third kappa shape index (κ3) is 9.22. The molecule has 1 heterocycles. The molecule has 118 valence electrons. The van der Waals surface area contributed by atoms with Crippen molar-refractivity contribution in [1.82, 2.24) is 15.6 Å². The first-order chi connectivity index (χ1) is 9.61. The summed E-state index contributed by atoms with van der Waals surface area (Å²) in [5, 5.41) is 9.03. The predicted octanol–water partition coefficient (Wildman–Crippen LogP) is 1.85. The largest absolute Gasteiger partial charge is 0.357 e. The van der Waals surface area contributed by atoms with E-state index in [4.69, 9.17) is 0 Å². The van der Waals surface area contributed by atoms with Gasteiger partial charge in [-0.3, -0.25) is 9.78 Å². The van der Waals surface area contributed by atoms with Gasteiger partial charge in [-0.25, -0.2) is 4.99 Å². The van der Waals surface area contributed by atoms with Crippen molar-refractivity contribution in [1.29, 1.82) is 0 Å². The molecule has 0 aromatic carbocycles. The van der Waals surface area contributed by atoms with Crippen LogP contribution in [0.5, 0.6) is 0 Å². The van der Waals surface area contributed by atoms with E-state index in [1.54, 1.807) is 24.5 Å². The monoisotopic (exact) mass is 405 g/mol. The molecule has 0 saturated carbocycles. The van der Waals surface area contributed by atoms with Crippen LogP contribution in [0.25, 0.3) is 0 Å². The van der Waals surface area contributed by atoms with Gasteiger partial charge >= 0.3 is 0 Å². The number of guanidine groups is 1. The molecule has 6 nitrogen and oxygen atoms in total. The molecular formula is C14H24IN5O. The van der Waals surface area contributed by atoms with Crippen molar-refractivity contribution in [2.45, 2.75) is 20.8 Å². The van der Waals surface area contributed by atoms with E-state index in [0.717, 1.165) is 13.1 Å². The van der Waals surface area contributed by atoms with Crippen LogP contribution in [0.15, 0.2) is 29.5 Å². The quantitative estimate of drug-likeness (QED) is 0.384. The summed E-state index contributed by atoms with van der Waals surface area (Å²) in [6.07, 6.45) is 3.26. The Morgan fingerprint density at radius 1 is 1.38 bits per heavy atom. The molecule has 0 aliphatic heterocycles. The fourth-order valence-corrected chi connectivity index (χ4v) is 1.43. The number of nitrogens with zero attached hydrogens (tertiary/aromatic N) is 2. The molecule has 0 fully saturated rings. The number of carbonyl (C=O) groups is 1. The standard InChI is InChI=1S/C14H23N5O.HI/c1-4-16-14(17-8-11(2)3)18-10-13(20)19-12-6-5-7-15-9-12;/h5-7,9,11H,4,8,10H2,1-3H3,(H,19,20)(H2,16,17,18);1H.